The number of anilines is 1. The van der Waals surface area contributed by atoms with Crippen LogP contribution >= 0.6 is 46.4 Å². The predicted molar refractivity (Wildman–Crippen MR) is 116 cm³/mol. The summed E-state index contributed by atoms with van der Waals surface area (Å²) < 4.78 is 89.2. The Labute approximate surface area is 212 Å². The molecule has 1 saturated carbocycles. The third-order valence-corrected chi connectivity index (χ3v) is 6.62. The number of benzene rings is 2. The molecule has 2 amide bonds. The average molecular weight is 586 g/mol. The Kier molecular flexibility index (Phi) is 7.50. The summed E-state index contributed by atoms with van der Waals surface area (Å²) in [4.78, 5) is 24.9. The van der Waals surface area contributed by atoms with Crippen LogP contribution in [0.25, 0.3) is 0 Å². The van der Waals surface area contributed by atoms with E-state index in [1.807, 2.05) is 0 Å². The first-order chi connectivity index (χ1) is 15.9. The first-order valence-corrected chi connectivity index (χ1v) is 10.8. The topological polar surface area (TPSA) is 58.2 Å². The minimum atomic E-state index is -5.12. The van der Waals surface area contributed by atoms with Crippen LogP contribution in [0.3, 0.4) is 0 Å². The lowest BCUT2D eigenvalue weighted by molar-refractivity contribution is -0.137. The second-order valence-corrected chi connectivity index (χ2v) is 9.70. The summed E-state index contributed by atoms with van der Waals surface area (Å²) in [5.41, 5.74) is -2.85. The van der Waals surface area contributed by atoms with Crippen LogP contribution in [0, 0.1) is 11.7 Å². The van der Waals surface area contributed by atoms with Gasteiger partial charge in [0.15, 0.2) is 0 Å². The van der Waals surface area contributed by atoms with E-state index in [2.05, 4.69) is 5.32 Å². The van der Waals surface area contributed by atoms with Crippen molar-refractivity contribution >= 4 is 63.9 Å². The summed E-state index contributed by atoms with van der Waals surface area (Å²) in [6.07, 6.45) is -9.96. The van der Waals surface area contributed by atoms with Crippen molar-refractivity contribution in [3.63, 3.8) is 0 Å². The van der Waals surface area contributed by atoms with Gasteiger partial charge < -0.3 is 10.6 Å². The Morgan fingerprint density at radius 2 is 1.63 bits per heavy atom. The van der Waals surface area contributed by atoms with Crippen LogP contribution < -0.4 is 10.6 Å². The average Bonchev–Trinajstić information content (AvgIpc) is 3.30. The van der Waals surface area contributed by atoms with Gasteiger partial charge >= 0.3 is 12.4 Å². The first kappa shape index (κ1) is 27.6. The highest BCUT2D eigenvalue weighted by atomic mass is 35.5. The smallest absolute Gasteiger partial charge is 0.343 e. The zero-order chi connectivity index (χ0) is 26.5. The number of amides is 2. The summed E-state index contributed by atoms with van der Waals surface area (Å²) >= 11 is 23.7. The van der Waals surface area contributed by atoms with Crippen molar-refractivity contribution in [2.45, 2.75) is 22.6 Å². The maximum atomic E-state index is 13.4. The predicted octanol–water partition coefficient (Wildman–Crippen LogP) is 6.97. The van der Waals surface area contributed by atoms with E-state index >= 15 is 0 Å². The molecule has 1 aliphatic carbocycles. The molecule has 190 valence electrons. The van der Waals surface area contributed by atoms with Gasteiger partial charge in [0.25, 0.3) is 5.91 Å². The molecule has 2 aromatic carbocycles. The molecule has 0 aromatic heterocycles. The number of hydrogen-bond donors (Lipinski definition) is 2. The molecule has 4 nitrogen and oxygen atoms in total. The molecule has 0 aliphatic heterocycles. The SMILES string of the molecule is O=C(NCC(F)(F)F)c1cc(NC(=O)C2C(c3ccc(F)c(Cl)c3)C2(Cl)Cl)cc(C(F)(F)F)c1Cl. The highest BCUT2D eigenvalue weighted by molar-refractivity contribution is 6.53. The zero-order valence-electron chi connectivity index (χ0n) is 16.7. The lowest BCUT2D eigenvalue weighted by atomic mass is 10.1. The molecule has 1 fully saturated rings. The van der Waals surface area contributed by atoms with Crippen molar-refractivity contribution in [3.8, 4) is 0 Å². The molecule has 0 heterocycles. The molecule has 0 radical (unpaired) electrons. The van der Waals surface area contributed by atoms with E-state index in [0.717, 1.165) is 6.07 Å². The Morgan fingerprint density at radius 3 is 2.17 bits per heavy atom. The van der Waals surface area contributed by atoms with E-state index in [4.69, 9.17) is 46.4 Å². The van der Waals surface area contributed by atoms with Crippen LogP contribution in [-0.4, -0.2) is 28.9 Å². The molecular formula is C20H11Cl4F7N2O2. The lowest BCUT2D eigenvalue weighted by Gasteiger charge is -2.16. The first-order valence-electron chi connectivity index (χ1n) is 9.32. The second kappa shape index (κ2) is 9.49. The summed E-state index contributed by atoms with van der Waals surface area (Å²) in [5, 5.41) is 2.09. The maximum absolute atomic E-state index is 13.4. The van der Waals surface area contributed by atoms with Crippen LogP contribution in [0.4, 0.5) is 36.4 Å². The number of alkyl halides is 8. The normalized spacial score (nSPS) is 19.3. The number of carbonyl (C=O) groups is 2. The van der Waals surface area contributed by atoms with E-state index < -0.39 is 74.5 Å². The Morgan fingerprint density at radius 1 is 1.00 bits per heavy atom. The Bertz CT molecular complexity index is 1190. The second-order valence-electron chi connectivity index (χ2n) is 7.47. The molecular weight excluding hydrogens is 575 g/mol. The molecule has 0 saturated heterocycles. The van der Waals surface area contributed by atoms with Crippen LogP contribution in [0.5, 0.6) is 0 Å². The minimum absolute atomic E-state index is 0.278. The van der Waals surface area contributed by atoms with Crippen LogP contribution in [-0.2, 0) is 11.0 Å². The van der Waals surface area contributed by atoms with E-state index in [1.54, 1.807) is 0 Å². The monoisotopic (exact) mass is 584 g/mol. The fraction of sp³-hybridized carbons (Fsp3) is 0.300. The van der Waals surface area contributed by atoms with E-state index in [1.165, 1.54) is 17.4 Å². The van der Waals surface area contributed by atoms with Crippen molar-refractivity contribution in [1.82, 2.24) is 5.32 Å². The standard InChI is InChI=1S/C20H11Cl4F7N2O2/c21-11-3-7(1-2-12(11)25)13-14(19(13,23)24)17(35)33-8-4-9(16(34)32-6-18(26,27)28)15(22)10(5-8)20(29,30)31/h1-5,13-14H,6H2,(H,32,34)(H,33,35). The molecule has 0 spiro atoms. The molecule has 2 N–H and O–H groups in total. The fourth-order valence-electron chi connectivity index (χ4n) is 3.34. The lowest BCUT2D eigenvalue weighted by Crippen LogP contribution is -2.34. The molecule has 2 unspecified atom stereocenters. The van der Waals surface area contributed by atoms with Gasteiger partial charge in [-0.3, -0.25) is 9.59 Å². The quantitative estimate of drug-likeness (QED) is 0.294. The molecule has 0 bridgehead atoms. The van der Waals surface area contributed by atoms with Crippen molar-refractivity contribution in [2.75, 3.05) is 11.9 Å². The summed E-state index contributed by atoms with van der Waals surface area (Å²) in [5.74, 6) is -5.41. The van der Waals surface area contributed by atoms with E-state index in [-0.39, 0.29) is 10.6 Å². The van der Waals surface area contributed by atoms with Gasteiger partial charge in [0.05, 0.1) is 27.1 Å². The van der Waals surface area contributed by atoms with Gasteiger partial charge in [-0.2, -0.15) is 26.3 Å². The van der Waals surface area contributed by atoms with Gasteiger partial charge in [-0.1, -0.05) is 29.3 Å². The van der Waals surface area contributed by atoms with E-state index in [0.29, 0.717) is 12.1 Å². The molecule has 2 aromatic rings. The molecule has 3 rings (SSSR count). The molecule has 1 aliphatic rings. The van der Waals surface area contributed by atoms with Crippen LogP contribution in [0.2, 0.25) is 10.0 Å². The third kappa shape index (κ3) is 6.07. The van der Waals surface area contributed by atoms with Crippen molar-refractivity contribution in [2.24, 2.45) is 5.92 Å². The number of rotatable bonds is 5. The van der Waals surface area contributed by atoms with Gasteiger partial charge in [-0.25, -0.2) is 4.39 Å². The minimum Gasteiger partial charge on any atom is -0.343 e. The van der Waals surface area contributed by atoms with Gasteiger partial charge in [-0.05, 0) is 29.8 Å². The summed E-state index contributed by atoms with van der Waals surface area (Å²) in [7, 11) is 0. The molecule has 35 heavy (non-hydrogen) atoms. The molecule has 15 heteroatoms. The van der Waals surface area contributed by atoms with Crippen molar-refractivity contribution in [3.05, 3.63) is 62.9 Å². The summed E-state index contributed by atoms with van der Waals surface area (Å²) in [6.45, 7) is -1.83. The largest absolute Gasteiger partial charge is 0.417 e. The number of carbonyl (C=O) groups excluding carboxylic acids is 2. The van der Waals surface area contributed by atoms with Gasteiger partial charge in [0.1, 0.15) is 16.7 Å². The number of hydrogen-bond acceptors (Lipinski definition) is 2. The number of halogens is 11. The zero-order valence-corrected chi connectivity index (χ0v) is 19.7. The van der Waals surface area contributed by atoms with Crippen LogP contribution in [0.1, 0.15) is 27.4 Å². The van der Waals surface area contributed by atoms with Gasteiger partial charge in [0, 0.05) is 11.6 Å². The Hall–Kier alpha value is -1.95. The summed E-state index contributed by atoms with van der Waals surface area (Å²) in [6, 6.07) is 4.54. The highest BCUT2D eigenvalue weighted by Gasteiger charge is 2.67. The highest BCUT2D eigenvalue weighted by Crippen LogP contribution is 2.65. The maximum Gasteiger partial charge on any atom is 0.417 e. The van der Waals surface area contributed by atoms with Crippen LogP contribution in [0.15, 0.2) is 30.3 Å². The van der Waals surface area contributed by atoms with Crippen molar-refractivity contribution < 1.29 is 40.3 Å². The third-order valence-electron chi connectivity index (χ3n) is 4.98. The number of nitrogens with one attached hydrogen (secondary N) is 2. The van der Waals surface area contributed by atoms with Gasteiger partial charge in [0.2, 0.25) is 5.91 Å². The fourth-order valence-corrected chi connectivity index (χ4v) is 4.66. The van der Waals surface area contributed by atoms with Crippen molar-refractivity contribution in [1.29, 1.82) is 0 Å². The molecule has 2 atom stereocenters. The Balaban J connectivity index is 1.90. The van der Waals surface area contributed by atoms with E-state index in [9.17, 15) is 40.3 Å². The van der Waals surface area contributed by atoms with Gasteiger partial charge in [-0.15, -0.1) is 23.2 Å².